The van der Waals surface area contributed by atoms with Gasteiger partial charge in [0.1, 0.15) is 11.4 Å². The van der Waals surface area contributed by atoms with Crippen LogP contribution in [0.5, 0.6) is 0 Å². The van der Waals surface area contributed by atoms with Crippen molar-refractivity contribution in [2.45, 2.75) is 172 Å². The van der Waals surface area contributed by atoms with Gasteiger partial charge in [-0.25, -0.2) is 5.43 Å². The van der Waals surface area contributed by atoms with Crippen LogP contribution in [0.15, 0.2) is 56.9 Å². The van der Waals surface area contributed by atoms with Crippen molar-refractivity contribution in [2.24, 2.45) is 84.9 Å². The Hall–Kier alpha value is -2.12. The molecule has 7 aliphatic rings. The molecule has 0 aromatic carbocycles. The fourth-order valence-electron chi connectivity index (χ4n) is 12.3. The SMILES string of the molecule is CC/C(C)=C(\N)NN=NC.CC1=C2CC1C[C@@](C)(C1CCC3C(=CC[C@]45C=CO[C@]([C@H](C)C(C)C)(CCC34C)C5)C1(C)C(C)C)C2OC[C@](C)(N)C(C)C. The van der Waals surface area contributed by atoms with E-state index in [0.717, 1.165) is 17.9 Å². The minimum atomic E-state index is -0.315. The van der Waals surface area contributed by atoms with Crippen LogP contribution >= 0.6 is 0 Å². The van der Waals surface area contributed by atoms with E-state index in [0.29, 0.717) is 47.9 Å². The molecular formula is C47H81N5O2. The van der Waals surface area contributed by atoms with Crippen molar-refractivity contribution in [1.29, 1.82) is 0 Å². The lowest BCUT2D eigenvalue weighted by atomic mass is 9.36. The molecule has 306 valence electrons. The molecule has 7 rings (SSSR count). The summed E-state index contributed by atoms with van der Waals surface area (Å²) >= 11 is 0. The molecule has 0 saturated heterocycles. The second-order valence-corrected chi connectivity index (χ2v) is 20.9. The number of allylic oxidation sites excluding steroid dienone is 5. The van der Waals surface area contributed by atoms with Crippen molar-refractivity contribution in [1.82, 2.24) is 5.43 Å². The van der Waals surface area contributed by atoms with Gasteiger partial charge in [0.25, 0.3) is 0 Å². The lowest BCUT2D eigenvalue weighted by Gasteiger charge is -2.69. The van der Waals surface area contributed by atoms with Crippen molar-refractivity contribution >= 4 is 0 Å². The van der Waals surface area contributed by atoms with Crippen LogP contribution in [-0.4, -0.2) is 30.9 Å². The molecule has 1 spiro atoms. The number of nitrogens with one attached hydrogen (secondary N) is 1. The minimum absolute atomic E-state index is 0.00740. The Morgan fingerprint density at radius 1 is 1.09 bits per heavy atom. The molecule has 3 saturated carbocycles. The van der Waals surface area contributed by atoms with E-state index < -0.39 is 0 Å². The zero-order valence-corrected chi connectivity index (χ0v) is 37.3. The van der Waals surface area contributed by atoms with Gasteiger partial charge in [0.2, 0.25) is 0 Å². The maximum Gasteiger partial charge on any atom is 0.117 e. The van der Waals surface area contributed by atoms with Crippen molar-refractivity contribution in [2.75, 3.05) is 13.7 Å². The topological polar surface area (TPSA) is 107 Å². The highest BCUT2D eigenvalue weighted by molar-refractivity contribution is 5.40. The summed E-state index contributed by atoms with van der Waals surface area (Å²) in [6.45, 7) is 33.9. The largest absolute Gasteiger partial charge is 0.495 e. The highest BCUT2D eigenvalue weighted by Crippen LogP contribution is 2.74. The number of nitrogens with zero attached hydrogens (tertiary/aromatic N) is 2. The normalized spacial score (nSPS) is 40.5. The van der Waals surface area contributed by atoms with E-state index in [4.69, 9.17) is 20.9 Å². The number of hydrogen-bond donors (Lipinski definition) is 3. The zero-order chi connectivity index (χ0) is 40.2. The molecule has 0 aromatic heterocycles. The third kappa shape index (κ3) is 6.85. The van der Waals surface area contributed by atoms with Gasteiger partial charge < -0.3 is 20.9 Å². The second kappa shape index (κ2) is 15.3. The predicted octanol–water partition coefficient (Wildman–Crippen LogP) is 11.4. The highest BCUT2D eigenvalue weighted by atomic mass is 16.5. The molecule has 0 aromatic rings. The Labute approximate surface area is 331 Å². The van der Waals surface area contributed by atoms with Gasteiger partial charge in [-0.1, -0.05) is 98.6 Å². The van der Waals surface area contributed by atoms with Crippen LogP contribution in [0.4, 0.5) is 0 Å². The molecule has 7 heteroatoms. The first kappa shape index (κ1) is 43.0. The minimum Gasteiger partial charge on any atom is -0.495 e. The number of ether oxygens (including phenoxy) is 2. The van der Waals surface area contributed by atoms with E-state index in [1.807, 2.05) is 13.8 Å². The van der Waals surface area contributed by atoms with Crippen molar-refractivity contribution in [3.05, 3.63) is 46.5 Å². The first-order valence-electron chi connectivity index (χ1n) is 21.8. The molecule has 1 heterocycles. The van der Waals surface area contributed by atoms with Crippen LogP contribution in [0.1, 0.15) is 155 Å². The number of fused-ring (bicyclic) bond motifs is 5. The number of nitrogens with two attached hydrogens (primary N) is 2. The van der Waals surface area contributed by atoms with Gasteiger partial charge in [-0.05, 0) is 148 Å². The van der Waals surface area contributed by atoms with Crippen LogP contribution < -0.4 is 16.9 Å². The number of hydrogen-bond acceptors (Lipinski definition) is 6. The monoisotopic (exact) mass is 748 g/mol. The van der Waals surface area contributed by atoms with Gasteiger partial charge in [0, 0.05) is 16.4 Å². The van der Waals surface area contributed by atoms with Crippen molar-refractivity contribution in [3.8, 4) is 0 Å². The molecule has 1 aliphatic heterocycles. The Morgan fingerprint density at radius 3 is 2.35 bits per heavy atom. The summed E-state index contributed by atoms with van der Waals surface area (Å²) in [7, 11) is 1.58. The molecule has 7 nitrogen and oxygen atoms in total. The molecule has 5 N–H and O–H groups in total. The molecule has 0 amide bonds. The zero-order valence-electron chi connectivity index (χ0n) is 37.3. The van der Waals surface area contributed by atoms with Gasteiger partial charge in [0.15, 0.2) is 0 Å². The van der Waals surface area contributed by atoms with E-state index in [2.05, 4.69) is 117 Å². The van der Waals surface area contributed by atoms with Crippen LogP contribution in [0.25, 0.3) is 0 Å². The molecule has 6 aliphatic carbocycles. The maximum absolute atomic E-state index is 7.09. The van der Waals surface area contributed by atoms with Crippen LogP contribution in [0, 0.1) is 63.1 Å². The second-order valence-electron chi connectivity index (χ2n) is 20.9. The Balaban J connectivity index is 0.000000493. The molecule has 3 fully saturated rings. The quantitative estimate of drug-likeness (QED) is 0.111. The Kier molecular flexibility index (Phi) is 12.2. The van der Waals surface area contributed by atoms with Crippen LogP contribution in [-0.2, 0) is 9.47 Å². The first-order chi connectivity index (χ1) is 25.1. The lowest BCUT2D eigenvalue weighted by Crippen LogP contribution is -2.64. The lowest BCUT2D eigenvalue weighted by molar-refractivity contribution is -0.182. The fourth-order valence-corrected chi connectivity index (χ4v) is 12.3. The third-order valence-corrected chi connectivity index (χ3v) is 17.6. The fraction of sp³-hybridized carbons (Fsp3) is 0.830. The molecule has 54 heavy (non-hydrogen) atoms. The van der Waals surface area contributed by atoms with E-state index in [1.54, 1.807) is 23.8 Å². The summed E-state index contributed by atoms with van der Waals surface area (Å²) in [5, 5.41) is 7.02. The van der Waals surface area contributed by atoms with E-state index in [-0.39, 0.29) is 38.9 Å². The predicted molar refractivity (Wildman–Crippen MR) is 225 cm³/mol. The summed E-state index contributed by atoms with van der Waals surface area (Å²) in [6, 6.07) is 0. The van der Waals surface area contributed by atoms with Crippen LogP contribution in [0.2, 0.25) is 0 Å². The van der Waals surface area contributed by atoms with Gasteiger partial charge >= 0.3 is 0 Å². The van der Waals surface area contributed by atoms with Gasteiger partial charge in [-0.2, -0.15) is 5.11 Å². The van der Waals surface area contributed by atoms with Crippen molar-refractivity contribution < 1.29 is 9.47 Å². The average molecular weight is 748 g/mol. The Morgan fingerprint density at radius 2 is 1.78 bits per heavy atom. The third-order valence-electron chi connectivity index (χ3n) is 17.6. The molecule has 11 atom stereocenters. The van der Waals surface area contributed by atoms with E-state index in [9.17, 15) is 0 Å². The smallest absolute Gasteiger partial charge is 0.117 e. The van der Waals surface area contributed by atoms with Crippen LogP contribution in [0.3, 0.4) is 0 Å². The first-order valence-corrected chi connectivity index (χ1v) is 21.8. The van der Waals surface area contributed by atoms with Gasteiger partial charge in [-0.3, -0.25) is 0 Å². The maximum atomic E-state index is 7.09. The molecular weight excluding hydrogens is 667 g/mol. The standard InChI is InChI=1S/C41H67NO2.C6H14N4/c1-25(2)29(8)41-18-17-37(10)32-13-14-34(39(12,27(5)6)33(32)15-16-40(37,23-41)19-20-44-41)36(9)22-30-21-31(28(30)7)35(36)43-24-38(11,42)26(3)4;1-4-5(2)6(7)9-10-8-3/h15,19-20,25-27,29-30,32,34-35H,13-14,16-18,21-24,42H2,1-12H3;4,7H2,1-3H3,(H,8,9)/b;6-5+/t29-,30?,32?,34?,35?,36+,37?,38+,39?,40-,41-;/m1./s1. The van der Waals surface area contributed by atoms with E-state index >= 15 is 0 Å². The number of rotatable bonds is 11. The molecule has 4 bridgehead atoms. The summed E-state index contributed by atoms with van der Waals surface area (Å²) in [5.41, 5.74) is 21.5. The van der Waals surface area contributed by atoms with Gasteiger partial charge in [0.05, 0.1) is 26.0 Å². The molecule has 0 radical (unpaired) electrons. The highest BCUT2D eigenvalue weighted by Gasteiger charge is 2.68. The average Bonchev–Trinajstić information content (AvgIpc) is 3.13. The summed E-state index contributed by atoms with van der Waals surface area (Å²) in [5.74, 6) is 4.73. The summed E-state index contributed by atoms with van der Waals surface area (Å²) < 4.78 is 13.7. The summed E-state index contributed by atoms with van der Waals surface area (Å²) in [6.07, 6.45) is 18.5. The Bertz CT molecular complexity index is 1540. The van der Waals surface area contributed by atoms with E-state index in [1.165, 1.54) is 51.4 Å². The summed E-state index contributed by atoms with van der Waals surface area (Å²) in [4.78, 5) is 0. The van der Waals surface area contributed by atoms with Crippen molar-refractivity contribution in [3.63, 3.8) is 0 Å². The van der Waals surface area contributed by atoms with Gasteiger partial charge in [-0.15, -0.1) is 0 Å². The molecule has 6 unspecified atom stereocenters.